The molecule has 1 aliphatic rings. The van der Waals surface area contributed by atoms with Gasteiger partial charge in [0.1, 0.15) is 0 Å². The van der Waals surface area contributed by atoms with E-state index in [-0.39, 0.29) is 24.4 Å². The van der Waals surface area contributed by atoms with E-state index in [1.54, 1.807) is 0 Å². The first-order chi connectivity index (χ1) is 12.2. The van der Waals surface area contributed by atoms with Crippen molar-refractivity contribution in [3.8, 4) is 0 Å². The molecule has 0 radical (unpaired) electrons. The molecule has 1 aliphatic heterocycles. The highest BCUT2D eigenvalue weighted by molar-refractivity contribution is 6.30. The van der Waals surface area contributed by atoms with Crippen molar-refractivity contribution in [1.82, 2.24) is 10.6 Å². The Hall–Kier alpha value is -1.55. The van der Waals surface area contributed by atoms with E-state index in [0.717, 1.165) is 30.6 Å². The number of amides is 1. The summed E-state index contributed by atoms with van der Waals surface area (Å²) in [5.41, 5.74) is 2.13. The molecule has 1 amide bonds. The molecule has 1 atom stereocenters. The summed E-state index contributed by atoms with van der Waals surface area (Å²) in [6, 6.07) is 17.6. The van der Waals surface area contributed by atoms with Crippen molar-refractivity contribution in [2.75, 3.05) is 13.1 Å². The van der Waals surface area contributed by atoms with E-state index in [4.69, 9.17) is 11.6 Å². The minimum atomic E-state index is -0.140. The first kappa shape index (κ1) is 20.8. The monoisotopic (exact) mass is 392 g/mol. The zero-order valence-corrected chi connectivity index (χ0v) is 16.4. The quantitative estimate of drug-likeness (QED) is 0.744. The second-order valence-corrected chi connectivity index (χ2v) is 7.13. The number of nitrogens with one attached hydrogen (secondary N) is 2. The molecule has 5 heteroatoms. The number of carbonyl (C=O) groups excluding carboxylic acids is 1. The van der Waals surface area contributed by atoms with Gasteiger partial charge in [-0.15, -0.1) is 12.4 Å². The molecular formula is C21H26Cl2N2O. The molecule has 140 valence electrons. The minimum Gasteiger partial charge on any atom is -0.345 e. The summed E-state index contributed by atoms with van der Waals surface area (Å²) in [5, 5.41) is 7.28. The lowest BCUT2D eigenvalue weighted by atomic mass is 9.92. The van der Waals surface area contributed by atoms with Gasteiger partial charge in [0.25, 0.3) is 0 Å². The third-order valence-corrected chi connectivity index (χ3v) is 5.13. The molecule has 1 fully saturated rings. The lowest BCUT2D eigenvalue weighted by Gasteiger charge is -2.23. The molecular weight excluding hydrogens is 367 g/mol. The Bertz CT molecular complexity index is 670. The van der Waals surface area contributed by atoms with Gasteiger partial charge in [-0.1, -0.05) is 54.1 Å². The molecule has 2 N–H and O–H groups in total. The van der Waals surface area contributed by atoms with E-state index in [0.29, 0.717) is 17.4 Å². The smallest absolute Gasteiger partial charge is 0.220 e. The maximum atomic E-state index is 12.6. The topological polar surface area (TPSA) is 41.1 Å². The molecule has 0 aromatic heterocycles. The van der Waals surface area contributed by atoms with Crippen molar-refractivity contribution in [3.63, 3.8) is 0 Å². The van der Waals surface area contributed by atoms with Crippen LogP contribution in [0.2, 0.25) is 5.02 Å². The maximum Gasteiger partial charge on any atom is 0.220 e. The van der Waals surface area contributed by atoms with Gasteiger partial charge in [-0.05, 0) is 61.5 Å². The summed E-state index contributed by atoms with van der Waals surface area (Å²) >= 11 is 6.01. The molecule has 1 unspecified atom stereocenters. The van der Waals surface area contributed by atoms with Crippen molar-refractivity contribution in [1.29, 1.82) is 0 Å². The highest BCUT2D eigenvalue weighted by Crippen LogP contribution is 2.24. The number of rotatable bonds is 6. The Morgan fingerprint density at radius 1 is 1.04 bits per heavy atom. The SMILES string of the molecule is Cl.O=C(CCC1CCNCC1)NC(c1ccccc1)c1ccc(Cl)cc1. The number of hydrogen-bond acceptors (Lipinski definition) is 2. The van der Waals surface area contributed by atoms with Crippen molar-refractivity contribution >= 4 is 29.9 Å². The fraction of sp³-hybridized carbons (Fsp3) is 0.381. The van der Waals surface area contributed by atoms with Gasteiger partial charge in [-0.25, -0.2) is 0 Å². The van der Waals surface area contributed by atoms with Crippen molar-refractivity contribution in [3.05, 3.63) is 70.7 Å². The van der Waals surface area contributed by atoms with Crippen LogP contribution in [-0.4, -0.2) is 19.0 Å². The van der Waals surface area contributed by atoms with E-state index in [1.807, 2.05) is 54.6 Å². The minimum absolute atomic E-state index is 0. The van der Waals surface area contributed by atoms with E-state index in [1.165, 1.54) is 12.8 Å². The summed E-state index contributed by atoms with van der Waals surface area (Å²) in [6.07, 6.45) is 3.90. The Kier molecular flexibility index (Phi) is 8.43. The van der Waals surface area contributed by atoms with Gasteiger partial charge in [-0.3, -0.25) is 4.79 Å². The number of hydrogen-bond donors (Lipinski definition) is 2. The van der Waals surface area contributed by atoms with Gasteiger partial charge in [0.2, 0.25) is 5.91 Å². The zero-order valence-electron chi connectivity index (χ0n) is 14.8. The predicted molar refractivity (Wildman–Crippen MR) is 110 cm³/mol. The number of halogens is 2. The van der Waals surface area contributed by atoms with E-state index >= 15 is 0 Å². The van der Waals surface area contributed by atoms with Gasteiger partial charge >= 0.3 is 0 Å². The average Bonchev–Trinajstić information content (AvgIpc) is 2.67. The van der Waals surface area contributed by atoms with Crippen LogP contribution >= 0.6 is 24.0 Å². The number of piperidine rings is 1. The molecule has 3 nitrogen and oxygen atoms in total. The van der Waals surface area contributed by atoms with Gasteiger partial charge < -0.3 is 10.6 Å². The molecule has 2 aromatic rings. The molecule has 3 rings (SSSR count). The first-order valence-corrected chi connectivity index (χ1v) is 9.40. The van der Waals surface area contributed by atoms with Gasteiger partial charge in [0, 0.05) is 11.4 Å². The van der Waals surface area contributed by atoms with Crippen molar-refractivity contribution in [2.45, 2.75) is 31.7 Å². The van der Waals surface area contributed by atoms with Crippen LogP contribution in [-0.2, 0) is 4.79 Å². The fourth-order valence-corrected chi connectivity index (χ4v) is 3.52. The third kappa shape index (κ3) is 6.01. The van der Waals surface area contributed by atoms with Crippen LogP contribution in [0.25, 0.3) is 0 Å². The standard InChI is InChI=1S/C21H25ClN2O.ClH/c22-19-9-7-18(8-10-19)21(17-4-2-1-3-5-17)24-20(25)11-6-16-12-14-23-15-13-16;/h1-5,7-10,16,21,23H,6,11-15H2,(H,24,25);1H. The molecule has 0 aliphatic carbocycles. The van der Waals surface area contributed by atoms with Crippen LogP contribution in [0.1, 0.15) is 42.9 Å². The maximum absolute atomic E-state index is 12.6. The van der Waals surface area contributed by atoms with E-state index in [9.17, 15) is 4.79 Å². The van der Waals surface area contributed by atoms with Crippen LogP contribution in [0.3, 0.4) is 0 Å². The Balaban J connectivity index is 0.00000243. The van der Waals surface area contributed by atoms with Crippen LogP contribution in [0.5, 0.6) is 0 Å². The van der Waals surface area contributed by atoms with E-state index in [2.05, 4.69) is 10.6 Å². The second-order valence-electron chi connectivity index (χ2n) is 6.69. The van der Waals surface area contributed by atoms with Gasteiger partial charge in [0.05, 0.1) is 6.04 Å². The van der Waals surface area contributed by atoms with E-state index < -0.39 is 0 Å². The molecule has 1 saturated heterocycles. The summed E-state index contributed by atoms with van der Waals surface area (Å²) in [5.74, 6) is 0.778. The lowest BCUT2D eigenvalue weighted by molar-refractivity contribution is -0.121. The van der Waals surface area contributed by atoms with Crippen molar-refractivity contribution < 1.29 is 4.79 Å². The second kappa shape index (κ2) is 10.6. The summed E-state index contributed by atoms with van der Waals surface area (Å²) in [4.78, 5) is 12.6. The van der Waals surface area contributed by atoms with Gasteiger partial charge in [0.15, 0.2) is 0 Å². The Morgan fingerprint density at radius 3 is 2.31 bits per heavy atom. The molecule has 0 saturated carbocycles. The molecule has 1 heterocycles. The largest absolute Gasteiger partial charge is 0.345 e. The molecule has 0 spiro atoms. The van der Waals surface area contributed by atoms with Crippen LogP contribution in [0, 0.1) is 5.92 Å². The molecule has 26 heavy (non-hydrogen) atoms. The summed E-state index contributed by atoms with van der Waals surface area (Å²) in [7, 11) is 0. The predicted octanol–water partition coefficient (Wildman–Crippen LogP) is 4.75. The highest BCUT2D eigenvalue weighted by Gasteiger charge is 2.19. The zero-order chi connectivity index (χ0) is 17.5. The molecule has 2 aromatic carbocycles. The Morgan fingerprint density at radius 2 is 1.65 bits per heavy atom. The highest BCUT2D eigenvalue weighted by atomic mass is 35.5. The van der Waals surface area contributed by atoms with Crippen LogP contribution in [0.4, 0.5) is 0 Å². The van der Waals surface area contributed by atoms with Crippen LogP contribution in [0.15, 0.2) is 54.6 Å². The average molecular weight is 393 g/mol. The lowest BCUT2D eigenvalue weighted by Crippen LogP contribution is -2.31. The van der Waals surface area contributed by atoms with Crippen molar-refractivity contribution in [2.24, 2.45) is 5.92 Å². The van der Waals surface area contributed by atoms with Crippen LogP contribution < -0.4 is 10.6 Å². The number of benzene rings is 2. The summed E-state index contributed by atoms with van der Waals surface area (Å²) < 4.78 is 0. The normalized spacial score (nSPS) is 15.7. The molecule has 0 bridgehead atoms. The van der Waals surface area contributed by atoms with Gasteiger partial charge in [-0.2, -0.15) is 0 Å². The number of carbonyl (C=O) groups is 1. The third-order valence-electron chi connectivity index (χ3n) is 4.88. The first-order valence-electron chi connectivity index (χ1n) is 9.03. The summed E-state index contributed by atoms with van der Waals surface area (Å²) in [6.45, 7) is 2.15. The fourth-order valence-electron chi connectivity index (χ4n) is 3.40. The Labute approximate surface area is 166 Å².